The van der Waals surface area contributed by atoms with Gasteiger partial charge in [-0.2, -0.15) is 0 Å². The van der Waals surface area contributed by atoms with Crippen molar-refractivity contribution in [1.82, 2.24) is 4.98 Å². The first-order valence-electron chi connectivity index (χ1n) is 12.1. The van der Waals surface area contributed by atoms with Crippen molar-refractivity contribution in [3.05, 3.63) is 100 Å². The van der Waals surface area contributed by atoms with Crippen molar-refractivity contribution in [2.75, 3.05) is 12.4 Å². The van der Waals surface area contributed by atoms with Gasteiger partial charge < -0.3 is 14.8 Å². The molecule has 2 aliphatic rings. The summed E-state index contributed by atoms with van der Waals surface area (Å²) in [7, 11) is 1.53. The van der Waals surface area contributed by atoms with Crippen molar-refractivity contribution < 1.29 is 19.1 Å². The van der Waals surface area contributed by atoms with Gasteiger partial charge in [-0.25, -0.2) is 4.79 Å². The van der Waals surface area contributed by atoms with Gasteiger partial charge in [0.1, 0.15) is 0 Å². The summed E-state index contributed by atoms with van der Waals surface area (Å²) in [5.74, 6) is 0.326. The smallest absolute Gasteiger partial charge is 0.343 e. The number of carbonyl (C=O) groups is 2. The van der Waals surface area contributed by atoms with E-state index < -0.39 is 5.97 Å². The highest BCUT2D eigenvalue weighted by molar-refractivity contribution is 6.30. The molecular formula is C30H23ClN2O4. The molecule has 0 radical (unpaired) electrons. The number of rotatable bonds is 4. The molecule has 184 valence electrons. The average molecular weight is 511 g/mol. The number of methoxy groups -OCH3 is 1. The molecule has 37 heavy (non-hydrogen) atoms. The van der Waals surface area contributed by atoms with E-state index in [1.807, 2.05) is 30.3 Å². The number of esters is 1. The monoisotopic (exact) mass is 510 g/mol. The van der Waals surface area contributed by atoms with Gasteiger partial charge in [-0.1, -0.05) is 23.7 Å². The fourth-order valence-electron chi connectivity index (χ4n) is 5.23. The number of hydrogen-bond acceptors (Lipinski definition) is 6. The third kappa shape index (κ3) is 4.13. The van der Waals surface area contributed by atoms with Crippen LogP contribution in [0.3, 0.4) is 0 Å². The summed E-state index contributed by atoms with van der Waals surface area (Å²) in [6, 6.07) is 19.5. The van der Waals surface area contributed by atoms with Gasteiger partial charge in [-0.05, 0) is 78.6 Å². The summed E-state index contributed by atoms with van der Waals surface area (Å²) < 4.78 is 11.2. The number of hydrogen-bond donors (Lipinski definition) is 1. The number of Topliss-reactive ketones (excluding diaryl/α,β-unsaturated/α-hetero) is 1. The molecule has 1 aliphatic heterocycles. The number of halogens is 1. The zero-order valence-corrected chi connectivity index (χ0v) is 20.8. The van der Waals surface area contributed by atoms with Crippen molar-refractivity contribution in [3.8, 4) is 11.5 Å². The van der Waals surface area contributed by atoms with Crippen LogP contribution in [0.5, 0.6) is 11.5 Å². The second-order valence-corrected chi connectivity index (χ2v) is 9.55. The van der Waals surface area contributed by atoms with Gasteiger partial charge in [0.2, 0.25) is 0 Å². The van der Waals surface area contributed by atoms with Crippen LogP contribution < -0.4 is 14.8 Å². The first-order valence-corrected chi connectivity index (χ1v) is 12.5. The maximum Gasteiger partial charge on any atom is 0.343 e. The minimum atomic E-state index is -0.514. The number of anilines is 1. The first kappa shape index (κ1) is 23.3. The summed E-state index contributed by atoms with van der Waals surface area (Å²) in [6.07, 6.45) is 3.95. The van der Waals surface area contributed by atoms with E-state index in [0.717, 1.165) is 51.7 Å². The molecule has 4 aromatic rings. The van der Waals surface area contributed by atoms with Gasteiger partial charge >= 0.3 is 5.97 Å². The van der Waals surface area contributed by atoms with Gasteiger partial charge in [0.15, 0.2) is 17.3 Å². The Morgan fingerprint density at radius 3 is 2.68 bits per heavy atom. The van der Waals surface area contributed by atoms with Crippen LogP contribution in [0.25, 0.3) is 16.5 Å². The summed E-state index contributed by atoms with van der Waals surface area (Å²) in [4.78, 5) is 30.5. The average Bonchev–Trinajstić information content (AvgIpc) is 2.93. The van der Waals surface area contributed by atoms with E-state index >= 15 is 0 Å². The highest BCUT2D eigenvalue weighted by Crippen LogP contribution is 2.48. The van der Waals surface area contributed by atoms with Crippen LogP contribution in [0.1, 0.15) is 46.8 Å². The number of benzene rings is 3. The summed E-state index contributed by atoms with van der Waals surface area (Å²) in [6.45, 7) is 0. The number of nitrogens with one attached hydrogen (secondary N) is 1. The number of aromatic nitrogens is 1. The van der Waals surface area contributed by atoms with E-state index in [9.17, 15) is 9.59 Å². The Morgan fingerprint density at radius 2 is 1.86 bits per heavy atom. The lowest BCUT2D eigenvalue weighted by Gasteiger charge is -2.35. The minimum Gasteiger partial charge on any atom is -0.493 e. The topological polar surface area (TPSA) is 77.5 Å². The lowest BCUT2D eigenvalue weighted by atomic mass is 9.77. The second-order valence-electron chi connectivity index (χ2n) is 9.11. The van der Waals surface area contributed by atoms with Crippen LogP contribution in [-0.2, 0) is 4.79 Å². The second kappa shape index (κ2) is 9.37. The molecule has 1 atom stereocenters. The third-order valence-corrected chi connectivity index (χ3v) is 7.19. The zero-order chi connectivity index (χ0) is 25.5. The normalized spacial score (nSPS) is 16.6. The van der Waals surface area contributed by atoms with Crippen molar-refractivity contribution in [1.29, 1.82) is 0 Å². The molecule has 1 N–H and O–H groups in total. The summed E-state index contributed by atoms with van der Waals surface area (Å²) in [5, 5.41) is 5.17. The lowest BCUT2D eigenvalue weighted by Crippen LogP contribution is -2.27. The van der Waals surface area contributed by atoms with Crippen LogP contribution >= 0.6 is 11.6 Å². The van der Waals surface area contributed by atoms with Crippen molar-refractivity contribution in [3.63, 3.8) is 0 Å². The molecule has 6 nitrogen and oxygen atoms in total. The molecule has 2 heterocycles. The fourth-order valence-corrected chi connectivity index (χ4v) is 5.35. The van der Waals surface area contributed by atoms with E-state index in [1.54, 1.807) is 36.5 Å². The highest BCUT2D eigenvalue weighted by atomic mass is 35.5. The van der Waals surface area contributed by atoms with Crippen molar-refractivity contribution in [2.24, 2.45) is 0 Å². The Kier molecular flexibility index (Phi) is 5.89. The standard InChI is InChI=1S/C30H23ClN2O4/c1-36-26-16-18(9-14-25(26)37-30(35)17-7-10-19(31)11-8-17)29-28-21(4-2-6-24(28)34)27-20-5-3-15-32-22(20)12-13-23(27)33-29/h3,5,7-16,29,33H,2,4,6H2,1H3/t29-/m0/s1. The Hall–Kier alpha value is -4.16. The maximum atomic E-state index is 13.3. The Labute approximate surface area is 218 Å². The number of ether oxygens (including phenoxy) is 2. The fraction of sp³-hybridized carbons (Fsp3) is 0.167. The molecule has 0 amide bonds. The molecule has 0 saturated carbocycles. The van der Waals surface area contributed by atoms with E-state index in [-0.39, 0.29) is 11.8 Å². The number of pyridine rings is 1. The molecule has 0 spiro atoms. The number of ketones is 1. The Morgan fingerprint density at radius 1 is 1.03 bits per heavy atom. The molecular weight excluding hydrogens is 488 g/mol. The van der Waals surface area contributed by atoms with E-state index in [1.165, 1.54) is 7.11 Å². The molecule has 1 aromatic heterocycles. The van der Waals surface area contributed by atoms with Gasteiger partial charge in [0, 0.05) is 39.9 Å². The SMILES string of the molecule is COc1cc([C@@H]2Nc3ccc4ncccc4c3C3=C2C(=O)CCC3)ccc1OC(=O)c1ccc(Cl)cc1. The van der Waals surface area contributed by atoms with Gasteiger partial charge in [0.25, 0.3) is 0 Å². The van der Waals surface area contributed by atoms with Gasteiger partial charge in [0.05, 0.1) is 24.2 Å². The molecule has 0 fully saturated rings. The van der Waals surface area contributed by atoms with Crippen LogP contribution in [0.2, 0.25) is 5.02 Å². The molecule has 0 bridgehead atoms. The molecule has 1 aliphatic carbocycles. The molecule has 0 saturated heterocycles. The van der Waals surface area contributed by atoms with Crippen molar-refractivity contribution in [2.45, 2.75) is 25.3 Å². The maximum absolute atomic E-state index is 13.3. The first-order chi connectivity index (χ1) is 18.0. The predicted octanol–water partition coefficient (Wildman–Crippen LogP) is 6.79. The van der Waals surface area contributed by atoms with E-state index in [2.05, 4.69) is 16.4 Å². The van der Waals surface area contributed by atoms with Crippen molar-refractivity contribution >= 4 is 45.5 Å². The zero-order valence-electron chi connectivity index (χ0n) is 20.1. The summed E-state index contributed by atoms with van der Waals surface area (Å²) in [5.41, 5.74) is 6.02. The third-order valence-electron chi connectivity index (χ3n) is 6.94. The van der Waals surface area contributed by atoms with Crippen LogP contribution in [0.4, 0.5) is 5.69 Å². The predicted molar refractivity (Wildman–Crippen MR) is 143 cm³/mol. The quantitative estimate of drug-likeness (QED) is 0.240. The number of allylic oxidation sites excluding steroid dienone is 1. The Bertz CT molecular complexity index is 1590. The van der Waals surface area contributed by atoms with Gasteiger partial charge in [-0.15, -0.1) is 0 Å². The van der Waals surface area contributed by atoms with Crippen LogP contribution in [0.15, 0.2) is 78.5 Å². The number of carbonyl (C=O) groups excluding carboxylic acids is 2. The summed E-state index contributed by atoms with van der Waals surface area (Å²) >= 11 is 5.93. The molecule has 6 rings (SSSR count). The molecule has 7 heteroatoms. The number of nitrogens with zero attached hydrogens (tertiary/aromatic N) is 1. The number of fused-ring (bicyclic) bond motifs is 4. The molecule has 0 unspecified atom stereocenters. The van der Waals surface area contributed by atoms with E-state index in [4.69, 9.17) is 21.1 Å². The van der Waals surface area contributed by atoms with E-state index in [0.29, 0.717) is 28.5 Å². The lowest BCUT2D eigenvalue weighted by molar-refractivity contribution is -0.116. The highest BCUT2D eigenvalue weighted by Gasteiger charge is 2.35. The minimum absolute atomic E-state index is 0.141. The largest absolute Gasteiger partial charge is 0.493 e. The van der Waals surface area contributed by atoms with Crippen LogP contribution in [-0.4, -0.2) is 23.8 Å². The van der Waals surface area contributed by atoms with Gasteiger partial charge in [-0.3, -0.25) is 9.78 Å². The van der Waals surface area contributed by atoms with Crippen LogP contribution in [0, 0.1) is 0 Å². The molecule has 3 aromatic carbocycles. The Balaban J connectivity index is 1.40.